The van der Waals surface area contributed by atoms with E-state index >= 15 is 0 Å². The molecule has 0 saturated carbocycles. The number of hydrogen-bond donors (Lipinski definition) is 0. The maximum atomic E-state index is 13.3. The van der Waals surface area contributed by atoms with Crippen LogP contribution in [0.15, 0.2) is 45.3 Å². The molecule has 0 N–H and O–H groups in total. The van der Waals surface area contributed by atoms with E-state index in [4.69, 9.17) is 4.74 Å². The van der Waals surface area contributed by atoms with Crippen molar-refractivity contribution in [1.82, 2.24) is 14.0 Å². The zero-order chi connectivity index (χ0) is 21.0. The number of methoxy groups -OCH3 is 1. The molecule has 2 aromatic heterocycles. The van der Waals surface area contributed by atoms with Gasteiger partial charge in [-0.3, -0.25) is 14.2 Å². The van der Waals surface area contributed by atoms with Crippen LogP contribution in [0.2, 0.25) is 0 Å². The van der Waals surface area contributed by atoms with Gasteiger partial charge in [0.05, 0.1) is 18.3 Å². The van der Waals surface area contributed by atoms with Crippen LogP contribution in [-0.4, -0.2) is 40.1 Å². The van der Waals surface area contributed by atoms with Gasteiger partial charge in [0, 0.05) is 13.1 Å². The predicted octanol–water partition coefficient (Wildman–Crippen LogP) is 2.87. The lowest BCUT2D eigenvalue weighted by Crippen LogP contribution is -2.42. The Morgan fingerprint density at radius 3 is 2.62 bits per heavy atom. The van der Waals surface area contributed by atoms with Crippen LogP contribution in [0.4, 0.5) is 0 Å². The van der Waals surface area contributed by atoms with Crippen molar-refractivity contribution in [1.29, 1.82) is 0 Å². The van der Waals surface area contributed by atoms with Gasteiger partial charge in [0.25, 0.3) is 5.56 Å². The number of nitrogens with zero attached hydrogens (tertiary/aromatic N) is 3. The van der Waals surface area contributed by atoms with E-state index in [-0.39, 0.29) is 12.5 Å². The number of carbonyl (C=O) groups excluding carboxylic acids is 1. The molecule has 0 fully saturated rings. The number of rotatable bonds is 8. The monoisotopic (exact) mass is 415 g/mol. The number of likely N-dealkylation sites (N-methyl/N-ethyl adjacent to an activating group) is 1. The van der Waals surface area contributed by atoms with Crippen LogP contribution >= 0.6 is 11.3 Å². The van der Waals surface area contributed by atoms with Crippen LogP contribution in [0.25, 0.3) is 15.9 Å². The maximum Gasteiger partial charge on any atom is 0.336 e. The lowest BCUT2D eigenvalue weighted by atomic mass is 10.3. The Labute approximate surface area is 172 Å². The minimum atomic E-state index is -0.551. The van der Waals surface area contributed by atoms with Gasteiger partial charge in [-0.2, -0.15) is 0 Å². The van der Waals surface area contributed by atoms with Crippen LogP contribution in [0, 0.1) is 0 Å². The number of carbonyl (C=O) groups is 1. The van der Waals surface area contributed by atoms with E-state index in [1.807, 2.05) is 6.92 Å². The highest BCUT2D eigenvalue weighted by Gasteiger charge is 2.21. The fraction of sp³-hybridized carbons (Fsp3) is 0.381. The minimum absolute atomic E-state index is 0.112. The molecule has 1 amide bonds. The number of thiophene rings is 1. The fourth-order valence-electron chi connectivity index (χ4n) is 3.31. The number of amides is 1. The van der Waals surface area contributed by atoms with Crippen molar-refractivity contribution in [2.75, 3.05) is 20.2 Å². The van der Waals surface area contributed by atoms with Crippen LogP contribution in [-0.2, 0) is 11.3 Å². The van der Waals surface area contributed by atoms with Crippen molar-refractivity contribution in [3.63, 3.8) is 0 Å². The van der Waals surface area contributed by atoms with Crippen LogP contribution in [0.5, 0.6) is 5.75 Å². The van der Waals surface area contributed by atoms with Crippen LogP contribution in [0.1, 0.15) is 26.7 Å². The molecule has 1 aromatic carbocycles. The summed E-state index contributed by atoms with van der Waals surface area (Å²) >= 11 is 1.26. The van der Waals surface area contributed by atoms with Crippen molar-refractivity contribution < 1.29 is 9.53 Å². The highest BCUT2D eigenvalue weighted by Crippen LogP contribution is 2.22. The molecular formula is C21H25N3O4S. The van der Waals surface area contributed by atoms with Gasteiger partial charge in [-0.05, 0) is 36.9 Å². The summed E-state index contributed by atoms with van der Waals surface area (Å²) < 4.78 is 8.25. The summed E-state index contributed by atoms with van der Waals surface area (Å²) in [7, 11) is 1.49. The van der Waals surface area contributed by atoms with E-state index in [9.17, 15) is 14.4 Å². The quantitative estimate of drug-likeness (QED) is 0.567. The van der Waals surface area contributed by atoms with Gasteiger partial charge in [-0.1, -0.05) is 25.5 Å². The first-order valence-electron chi connectivity index (χ1n) is 9.67. The van der Waals surface area contributed by atoms with Crippen molar-refractivity contribution in [2.24, 2.45) is 0 Å². The van der Waals surface area contributed by atoms with Gasteiger partial charge in [0.1, 0.15) is 17.0 Å². The standard InChI is InChI=1S/C21H25N3O4S/c1-4-6-12-22(5-2)18(25)14-23-16-11-13-29-19(16)20(26)24(21(23)27)15-9-7-8-10-17(15)28-3/h7-11,13H,4-6,12,14H2,1-3H3. The molecule has 0 radical (unpaired) electrons. The molecule has 2 heterocycles. The van der Waals surface area contributed by atoms with Crippen LogP contribution in [0.3, 0.4) is 0 Å². The Morgan fingerprint density at radius 1 is 1.17 bits per heavy atom. The average Bonchev–Trinajstić information content (AvgIpc) is 3.22. The molecule has 0 atom stereocenters. The zero-order valence-corrected chi connectivity index (χ0v) is 17.7. The van der Waals surface area contributed by atoms with Crippen molar-refractivity contribution >= 4 is 27.5 Å². The van der Waals surface area contributed by atoms with E-state index in [1.54, 1.807) is 40.6 Å². The van der Waals surface area contributed by atoms with E-state index in [0.717, 1.165) is 17.4 Å². The van der Waals surface area contributed by atoms with Gasteiger partial charge in [0.15, 0.2) is 0 Å². The Hall–Kier alpha value is -2.87. The second-order valence-corrected chi connectivity index (χ2v) is 7.56. The number of hydrogen-bond acceptors (Lipinski definition) is 5. The first kappa shape index (κ1) is 20.9. The lowest BCUT2D eigenvalue weighted by molar-refractivity contribution is -0.131. The number of ether oxygens (including phenoxy) is 1. The van der Waals surface area contributed by atoms with Crippen molar-refractivity contribution in [2.45, 2.75) is 33.2 Å². The summed E-state index contributed by atoms with van der Waals surface area (Å²) in [6.07, 6.45) is 1.89. The second-order valence-electron chi connectivity index (χ2n) is 6.64. The summed E-state index contributed by atoms with van der Waals surface area (Å²) in [5.74, 6) is 0.277. The van der Waals surface area contributed by atoms with Gasteiger partial charge < -0.3 is 9.64 Å². The van der Waals surface area contributed by atoms with E-state index in [2.05, 4.69) is 6.92 Å². The largest absolute Gasteiger partial charge is 0.495 e. The topological polar surface area (TPSA) is 73.5 Å². The van der Waals surface area contributed by atoms with Gasteiger partial charge in [-0.25, -0.2) is 9.36 Å². The molecule has 0 aliphatic carbocycles. The predicted molar refractivity (Wildman–Crippen MR) is 115 cm³/mol. The molecule has 8 heteroatoms. The molecule has 0 aliphatic heterocycles. The van der Waals surface area contributed by atoms with E-state index in [1.165, 1.54) is 23.0 Å². The number of unbranched alkanes of at least 4 members (excludes halogenated alkanes) is 1. The zero-order valence-electron chi connectivity index (χ0n) is 16.9. The highest BCUT2D eigenvalue weighted by molar-refractivity contribution is 7.17. The maximum absolute atomic E-state index is 13.3. The molecule has 0 saturated heterocycles. The normalized spacial score (nSPS) is 11.0. The van der Waals surface area contributed by atoms with Gasteiger partial charge in [0.2, 0.25) is 5.91 Å². The molecule has 7 nitrogen and oxygen atoms in total. The third kappa shape index (κ3) is 3.98. The first-order chi connectivity index (χ1) is 14.0. The highest BCUT2D eigenvalue weighted by atomic mass is 32.1. The van der Waals surface area contributed by atoms with Gasteiger partial charge in [-0.15, -0.1) is 11.3 Å². The molecule has 3 aromatic rings. The SMILES string of the molecule is CCCCN(CC)C(=O)Cn1c(=O)n(-c2ccccc2OC)c(=O)c2sccc21. The van der Waals surface area contributed by atoms with Gasteiger partial charge >= 0.3 is 5.69 Å². The second kappa shape index (κ2) is 9.09. The fourth-order valence-corrected chi connectivity index (χ4v) is 4.13. The lowest BCUT2D eigenvalue weighted by Gasteiger charge is -2.22. The molecule has 3 rings (SSSR count). The smallest absolute Gasteiger partial charge is 0.336 e. The molecule has 154 valence electrons. The Kier molecular flexibility index (Phi) is 6.53. The summed E-state index contributed by atoms with van der Waals surface area (Å²) in [6, 6.07) is 8.57. The average molecular weight is 416 g/mol. The summed E-state index contributed by atoms with van der Waals surface area (Å²) in [5, 5.41) is 1.76. The first-order valence-corrected chi connectivity index (χ1v) is 10.6. The molecule has 0 spiro atoms. The van der Waals surface area contributed by atoms with Crippen LogP contribution < -0.4 is 16.0 Å². The number of fused-ring (bicyclic) bond motifs is 1. The van der Waals surface area contributed by atoms with Crippen molar-refractivity contribution in [3.05, 3.63) is 56.5 Å². The molecule has 0 aliphatic rings. The number of para-hydroxylation sites is 2. The van der Waals surface area contributed by atoms with E-state index < -0.39 is 11.2 Å². The molecule has 0 unspecified atom stereocenters. The van der Waals surface area contributed by atoms with Crippen molar-refractivity contribution in [3.8, 4) is 11.4 Å². The molecule has 0 bridgehead atoms. The third-order valence-corrected chi connectivity index (χ3v) is 5.78. The van der Waals surface area contributed by atoms with E-state index in [0.29, 0.717) is 34.7 Å². The molecule has 29 heavy (non-hydrogen) atoms. The number of benzene rings is 1. The Bertz CT molecular complexity index is 1130. The Balaban J connectivity index is 2.16. The Morgan fingerprint density at radius 2 is 1.93 bits per heavy atom. The summed E-state index contributed by atoms with van der Waals surface area (Å²) in [6.45, 7) is 5.11. The number of aromatic nitrogens is 2. The summed E-state index contributed by atoms with van der Waals surface area (Å²) in [5.41, 5.74) is -0.118. The minimum Gasteiger partial charge on any atom is -0.495 e. The summed E-state index contributed by atoms with van der Waals surface area (Å²) in [4.78, 5) is 41.0. The molecular weight excluding hydrogens is 390 g/mol. The third-order valence-electron chi connectivity index (χ3n) is 4.89.